The highest BCUT2D eigenvalue weighted by Gasteiger charge is 2.32. The van der Waals surface area contributed by atoms with E-state index < -0.39 is 0 Å². The van der Waals surface area contributed by atoms with Crippen LogP contribution in [0.25, 0.3) is 11.1 Å². The van der Waals surface area contributed by atoms with Gasteiger partial charge in [0.2, 0.25) is 0 Å². The van der Waals surface area contributed by atoms with Crippen LogP contribution in [-0.2, 0) is 5.41 Å². The van der Waals surface area contributed by atoms with Gasteiger partial charge >= 0.3 is 0 Å². The molecule has 1 heteroatoms. The van der Waals surface area contributed by atoms with Crippen molar-refractivity contribution in [3.05, 3.63) is 77.4 Å². The maximum atomic E-state index is 5.92. The molecule has 0 unspecified atom stereocenters. The van der Waals surface area contributed by atoms with Crippen molar-refractivity contribution in [2.75, 3.05) is 7.11 Å². The van der Waals surface area contributed by atoms with E-state index >= 15 is 0 Å². The van der Waals surface area contributed by atoms with Crippen molar-refractivity contribution in [2.45, 2.75) is 46.5 Å². The van der Waals surface area contributed by atoms with E-state index in [9.17, 15) is 0 Å². The number of hydrogen-bond acceptors (Lipinski definition) is 1. The molecule has 0 bridgehead atoms. The van der Waals surface area contributed by atoms with E-state index in [1.807, 2.05) is 6.07 Å². The Labute approximate surface area is 158 Å². The largest absolute Gasteiger partial charge is 0.496 e. The molecule has 0 heterocycles. The molecule has 0 spiro atoms. The van der Waals surface area contributed by atoms with Crippen molar-refractivity contribution in [1.82, 2.24) is 0 Å². The minimum absolute atomic E-state index is 0.108. The molecule has 1 aliphatic carbocycles. The first-order valence-electron chi connectivity index (χ1n) is 9.39. The highest BCUT2D eigenvalue weighted by molar-refractivity contribution is 5.73. The Kier molecular flexibility index (Phi) is 4.84. The van der Waals surface area contributed by atoms with Crippen LogP contribution < -0.4 is 4.74 Å². The number of benzene rings is 2. The summed E-state index contributed by atoms with van der Waals surface area (Å²) in [5.41, 5.74) is 6.56. The lowest BCUT2D eigenvalue weighted by Crippen LogP contribution is -2.20. The fourth-order valence-electron chi connectivity index (χ4n) is 3.73. The summed E-state index contributed by atoms with van der Waals surface area (Å²) in [4.78, 5) is 0. The van der Waals surface area contributed by atoms with Crippen LogP contribution in [0.3, 0.4) is 0 Å². The number of para-hydroxylation sites is 1. The smallest absolute Gasteiger partial charge is 0.130 e. The molecule has 0 fully saturated rings. The zero-order valence-corrected chi connectivity index (χ0v) is 16.9. The summed E-state index contributed by atoms with van der Waals surface area (Å²) in [6, 6.07) is 17.0. The summed E-state index contributed by atoms with van der Waals surface area (Å²) < 4.78 is 5.92. The molecule has 0 aromatic heterocycles. The molecule has 0 atom stereocenters. The second-order valence-electron chi connectivity index (χ2n) is 8.66. The first kappa shape index (κ1) is 18.5. The Morgan fingerprint density at radius 1 is 0.846 bits per heavy atom. The van der Waals surface area contributed by atoms with E-state index in [1.54, 1.807) is 7.11 Å². The number of methoxy groups -OCH3 is 1. The number of allylic oxidation sites excluding steroid dienone is 4. The summed E-state index contributed by atoms with van der Waals surface area (Å²) >= 11 is 0. The standard InChI is InChI=1S/C25H30O/c1-24(2,3)19-15-16-20(17-19)25(4,5)22-14-10-13-21(23(22)26-6)18-11-8-7-9-12-18/h7-14,16-17H,15H2,1-6H3. The SMILES string of the molecule is COc1c(-c2ccccc2)cccc1C(C)(C)C1=CCC(C(C)(C)C)=C1. The zero-order chi connectivity index (χ0) is 18.9. The molecule has 0 saturated carbocycles. The summed E-state index contributed by atoms with van der Waals surface area (Å²) in [5, 5.41) is 0. The van der Waals surface area contributed by atoms with Crippen LogP contribution in [0.5, 0.6) is 5.75 Å². The molecule has 26 heavy (non-hydrogen) atoms. The van der Waals surface area contributed by atoms with Crippen molar-refractivity contribution in [3.8, 4) is 16.9 Å². The topological polar surface area (TPSA) is 9.23 Å². The van der Waals surface area contributed by atoms with Crippen LogP contribution in [0, 0.1) is 5.41 Å². The third-order valence-corrected chi connectivity index (χ3v) is 5.53. The third-order valence-electron chi connectivity index (χ3n) is 5.53. The minimum Gasteiger partial charge on any atom is -0.496 e. The second kappa shape index (κ2) is 6.79. The normalized spacial score (nSPS) is 14.8. The number of hydrogen-bond donors (Lipinski definition) is 0. The Morgan fingerprint density at radius 3 is 2.12 bits per heavy atom. The molecule has 136 valence electrons. The van der Waals surface area contributed by atoms with Crippen molar-refractivity contribution >= 4 is 0 Å². The average molecular weight is 347 g/mol. The second-order valence-corrected chi connectivity index (χ2v) is 8.66. The van der Waals surface area contributed by atoms with Crippen LogP contribution in [-0.4, -0.2) is 7.11 Å². The van der Waals surface area contributed by atoms with Gasteiger partial charge in [-0.25, -0.2) is 0 Å². The maximum absolute atomic E-state index is 5.92. The first-order valence-corrected chi connectivity index (χ1v) is 9.39. The van der Waals surface area contributed by atoms with Crippen molar-refractivity contribution in [1.29, 1.82) is 0 Å². The van der Waals surface area contributed by atoms with Gasteiger partial charge in [0.15, 0.2) is 0 Å². The molecule has 3 rings (SSSR count). The molecule has 1 aliphatic rings. The molecule has 0 radical (unpaired) electrons. The van der Waals surface area contributed by atoms with Gasteiger partial charge in [0.1, 0.15) is 5.75 Å². The first-order chi connectivity index (χ1) is 12.2. The molecule has 1 nitrogen and oxygen atoms in total. The van der Waals surface area contributed by atoms with E-state index in [-0.39, 0.29) is 10.8 Å². The van der Waals surface area contributed by atoms with E-state index in [4.69, 9.17) is 4.74 Å². The van der Waals surface area contributed by atoms with Crippen LogP contribution in [0.15, 0.2) is 71.8 Å². The molecule has 0 aliphatic heterocycles. The van der Waals surface area contributed by atoms with Gasteiger partial charge in [-0.15, -0.1) is 0 Å². The van der Waals surface area contributed by atoms with E-state index in [2.05, 4.69) is 89.2 Å². The lowest BCUT2D eigenvalue weighted by molar-refractivity contribution is 0.402. The van der Waals surface area contributed by atoms with Gasteiger partial charge in [-0.1, -0.05) is 101 Å². The Morgan fingerprint density at radius 2 is 1.54 bits per heavy atom. The van der Waals surface area contributed by atoms with Gasteiger partial charge in [0, 0.05) is 16.5 Å². The lowest BCUT2D eigenvalue weighted by atomic mass is 9.76. The van der Waals surface area contributed by atoms with Crippen LogP contribution >= 0.6 is 0 Å². The van der Waals surface area contributed by atoms with Crippen molar-refractivity contribution in [2.24, 2.45) is 5.41 Å². The lowest BCUT2D eigenvalue weighted by Gasteiger charge is -2.29. The van der Waals surface area contributed by atoms with Gasteiger partial charge in [0.25, 0.3) is 0 Å². The van der Waals surface area contributed by atoms with Gasteiger partial charge in [-0.05, 0) is 23.0 Å². The quantitative estimate of drug-likeness (QED) is 0.582. The fraction of sp³-hybridized carbons (Fsp3) is 0.360. The molecular formula is C25H30O. The van der Waals surface area contributed by atoms with Gasteiger partial charge in [-0.3, -0.25) is 0 Å². The molecule has 0 saturated heterocycles. The molecule has 2 aromatic carbocycles. The molecule has 0 N–H and O–H groups in total. The predicted molar refractivity (Wildman–Crippen MR) is 112 cm³/mol. The summed E-state index contributed by atoms with van der Waals surface area (Å²) in [5.74, 6) is 0.974. The van der Waals surface area contributed by atoms with E-state index in [1.165, 1.54) is 22.3 Å². The number of ether oxygens (including phenoxy) is 1. The van der Waals surface area contributed by atoms with Crippen molar-refractivity contribution < 1.29 is 4.74 Å². The van der Waals surface area contributed by atoms with E-state index in [0.29, 0.717) is 0 Å². The minimum atomic E-state index is -0.108. The highest BCUT2D eigenvalue weighted by atomic mass is 16.5. The summed E-state index contributed by atoms with van der Waals surface area (Å²) in [6.45, 7) is 11.5. The maximum Gasteiger partial charge on any atom is 0.130 e. The number of rotatable bonds is 4. The predicted octanol–water partition coefficient (Wildman–Crippen LogP) is 6.94. The zero-order valence-electron chi connectivity index (χ0n) is 16.9. The third kappa shape index (κ3) is 3.35. The monoisotopic (exact) mass is 346 g/mol. The molecule has 0 amide bonds. The van der Waals surface area contributed by atoms with Crippen LogP contribution in [0.4, 0.5) is 0 Å². The fourth-order valence-corrected chi connectivity index (χ4v) is 3.73. The van der Waals surface area contributed by atoms with Crippen LogP contribution in [0.2, 0.25) is 0 Å². The van der Waals surface area contributed by atoms with E-state index in [0.717, 1.165) is 17.7 Å². The van der Waals surface area contributed by atoms with Gasteiger partial charge < -0.3 is 4.74 Å². The van der Waals surface area contributed by atoms with Crippen LogP contribution in [0.1, 0.15) is 46.6 Å². The average Bonchev–Trinajstić information content (AvgIpc) is 3.13. The molecule has 2 aromatic rings. The Balaban J connectivity index is 2.08. The molecular weight excluding hydrogens is 316 g/mol. The van der Waals surface area contributed by atoms with Gasteiger partial charge in [0.05, 0.1) is 7.11 Å². The highest BCUT2D eigenvalue weighted by Crippen LogP contribution is 2.46. The van der Waals surface area contributed by atoms with Gasteiger partial charge in [-0.2, -0.15) is 0 Å². The Hall–Kier alpha value is -2.28. The van der Waals surface area contributed by atoms with Crippen molar-refractivity contribution in [3.63, 3.8) is 0 Å². The summed E-state index contributed by atoms with van der Waals surface area (Å²) in [6.07, 6.45) is 5.83. The summed E-state index contributed by atoms with van der Waals surface area (Å²) in [7, 11) is 1.78. The Bertz CT molecular complexity index is 845.